The molecule has 140 valence electrons. The van der Waals surface area contributed by atoms with Gasteiger partial charge in [0.1, 0.15) is 23.0 Å². The maximum atomic E-state index is 2.42. The standard InChI is InChI=1S/C26H26S2/c1-27-15-19-3-7-23-9-5-21(13-25(23)11-19)17-28(2)18-22-6-10-24-8-4-20(16-27)12-26(24)14-22/h3-14H,15-18H2,1-2H3/q+2. The van der Waals surface area contributed by atoms with Gasteiger partial charge in [0.25, 0.3) is 0 Å². The van der Waals surface area contributed by atoms with Gasteiger partial charge < -0.3 is 0 Å². The molecule has 0 aromatic heterocycles. The average molecular weight is 403 g/mol. The van der Waals surface area contributed by atoms with Crippen LogP contribution in [0.5, 0.6) is 0 Å². The second-order valence-electron chi connectivity index (χ2n) is 8.17. The summed E-state index contributed by atoms with van der Waals surface area (Å²) in [6, 6.07) is 28.2. The lowest BCUT2D eigenvalue weighted by Gasteiger charge is -2.10. The largest absolute Gasteiger partial charge is 0.133 e. The van der Waals surface area contributed by atoms with Crippen LogP contribution in [0.1, 0.15) is 22.3 Å². The third-order valence-electron chi connectivity index (χ3n) is 5.59. The molecule has 0 saturated carbocycles. The van der Waals surface area contributed by atoms with Gasteiger partial charge in [0.15, 0.2) is 0 Å². The Hall–Kier alpha value is -1.90. The highest BCUT2D eigenvalue weighted by Gasteiger charge is 2.17. The number of hydrogen-bond donors (Lipinski definition) is 0. The Balaban J connectivity index is 1.60. The predicted octanol–water partition coefficient (Wildman–Crippen LogP) is 6.20. The highest BCUT2D eigenvalue weighted by Crippen LogP contribution is 2.25. The monoisotopic (exact) mass is 402 g/mol. The first kappa shape index (κ1) is 18.1. The summed E-state index contributed by atoms with van der Waals surface area (Å²) in [5, 5.41) is 5.52. The van der Waals surface area contributed by atoms with Crippen LogP contribution < -0.4 is 0 Å². The molecule has 6 bridgehead atoms. The molecule has 2 heteroatoms. The van der Waals surface area contributed by atoms with Crippen LogP contribution in [-0.2, 0) is 44.8 Å². The van der Waals surface area contributed by atoms with E-state index in [1.54, 1.807) is 0 Å². The Bertz CT molecular complexity index is 987. The zero-order valence-corrected chi connectivity index (χ0v) is 18.2. The molecule has 0 saturated heterocycles. The Kier molecular flexibility index (Phi) is 4.86. The molecule has 0 spiro atoms. The Morgan fingerprint density at radius 2 is 0.714 bits per heavy atom. The van der Waals surface area contributed by atoms with Gasteiger partial charge in [-0.05, 0) is 67.6 Å². The molecule has 0 radical (unpaired) electrons. The molecule has 4 aromatic rings. The summed E-state index contributed by atoms with van der Waals surface area (Å²) in [5.41, 5.74) is 5.89. The molecule has 5 rings (SSSR count). The molecular weight excluding hydrogens is 376 g/mol. The van der Waals surface area contributed by atoms with Gasteiger partial charge in [-0.1, -0.05) is 48.5 Å². The van der Waals surface area contributed by atoms with Crippen LogP contribution in [0.15, 0.2) is 72.8 Å². The molecule has 1 heterocycles. The van der Waals surface area contributed by atoms with Crippen LogP contribution in [0.25, 0.3) is 21.5 Å². The lowest BCUT2D eigenvalue weighted by atomic mass is 10.1. The second-order valence-corrected chi connectivity index (χ2v) is 12.5. The van der Waals surface area contributed by atoms with Gasteiger partial charge in [0.2, 0.25) is 0 Å². The maximum absolute atomic E-state index is 2.42. The highest BCUT2D eigenvalue weighted by atomic mass is 32.2. The predicted molar refractivity (Wildman–Crippen MR) is 129 cm³/mol. The van der Waals surface area contributed by atoms with Crippen molar-refractivity contribution in [3.05, 3.63) is 95.1 Å². The first-order valence-electron chi connectivity index (χ1n) is 9.84. The summed E-state index contributed by atoms with van der Waals surface area (Å²) in [5.74, 6) is 4.65. The van der Waals surface area contributed by atoms with E-state index in [1.165, 1.54) is 43.8 Å². The van der Waals surface area contributed by atoms with Crippen molar-refractivity contribution >= 4 is 43.3 Å². The van der Waals surface area contributed by atoms with E-state index in [0.29, 0.717) is 21.8 Å². The van der Waals surface area contributed by atoms with E-state index in [0.717, 1.165) is 23.0 Å². The Labute approximate surface area is 173 Å². The van der Waals surface area contributed by atoms with Gasteiger partial charge in [0, 0.05) is 22.3 Å². The van der Waals surface area contributed by atoms with Crippen molar-refractivity contribution in [1.82, 2.24) is 0 Å². The molecule has 4 aromatic carbocycles. The fraction of sp³-hybridized carbons (Fsp3) is 0.231. The van der Waals surface area contributed by atoms with Crippen LogP contribution in [-0.4, -0.2) is 12.5 Å². The van der Waals surface area contributed by atoms with E-state index < -0.39 is 0 Å². The van der Waals surface area contributed by atoms with Crippen LogP contribution in [0.4, 0.5) is 0 Å². The zero-order chi connectivity index (χ0) is 19.1. The molecule has 28 heavy (non-hydrogen) atoms. The summed E-state index contributed by atoms with van der Waals surface area (Å²) < 4.78 is 0. The molecular formula is C26H26S2+2. The summed E-state index contributed by atoms with van der Waals surface area (Å²) in [7, 11) is 0.679. The van der Waals surface area contributed by atoms with Gasteiger partial charge in [-0.25, -0.2) is 0 Å². The molecule has 0 N–H and O–H groups in total. The van der Waals surface area contributed by atoms with Crippen LogP contribution in [0.2, 0.25) is 0 Å². The number of benzene rings is 4. The van der Waals surface area contributed by atoms with E-state index in [2.05, 4.69) is 85.3 Å². The van der Waals surface area contributed by atoms with E-state index in [1.807, 2.05) is 0 Å². The van der Waals surface area contributed by atoms with Gasteiger partial charge in [-0.3, -0.25) is 0 Å². The number of rotatable bonds is 0. The smallest absolute Gasteiger partial charge is 0.0539 e. The normalized spacial score (nSPS) is 19.9. The van der Waals surface area contributed by atoms with E-state index in [-0.39, 0.29) is 0 Å². The van der Waals surface area contributed by atoms with Gasteiger partial charge >= 0.3 is 0 Å². The molecule has 1 aliphatic rings. The Morgan fingerprint density at radius 3 is 1.00 bits per heavy atom. The fourth-order valence-corrected chi connectivity index (χ4v) is 7.49. The zero-order valence-electron chi connectivity index (χ0n) is 16.6. The van der Waals surface area contributed by atoms with E-state index >= 15 is 0 Å². The third kappa shape index (κ3) is 3.81. The van der Waals surface area contributed by atoms with Crippen molar-refractivity contribution in [1.29, 1.82) is 0 Å². The first-order valence-corrected chi connectivity index (χ1v) is 13.8. The minimum atomic E-state index is 0.339. The molecule has 0 fully saturated rings. The Morgan fingerprint density at radius 1 is 0.429 bits per heavy atom. The maximum Gasteiger partial charge on any atom is 0.133 e. The lowest BCUT2D eigenvalue weighted by Crippen LogP contribution is -2.08. The van der Waals surface area contributed by atoms with Crippen molar-refractivity contribution in [3.8, 4) is 0 Å². The second kappa shape index (κ2) is 7.50. The number of hydrogen-bond acceptors (Lipinski definition) is 0. The lowest BCUT2D eigenvalue weighted by molar-refractivity contribution is 1.33. The van der Waals surface area contributed by atoms with Crippen molar-refractivity contribution in [2.75, 3.05) is 12.5 Å². The van der Waals surface area contributed by atoms with Gasteiger partial charge in [0.05, 0.1) is 12.5 Å². The van der Waals surface area contributed by atoms with Gasteiger partial charge in [-0.15, -0.1) is 0 Å². The molecule has 0 aliphatic carbocycles. The summed E-state index contributed by atoms with van der Waals surface area (Å²) >= 11 is 0. The average Bonchev–Trinajstić information content (AvgIpc) is 2.66. The topological polar surface area (TPSA) is 0 Å². The van der Waals surface area contributed by atoms with Crippen molar-refractivity contribution in [2.24, 2.45) is 0 Å². The molecule has 0 unspecified atom stereocenters. The highest BCUT2D eigenvalue weighted by molar-refractivity contribution is 7.94. The SMILES string of the molecule is C[S+]1Cc2ccc3ccc(cc3c2)C[S+](C)Cc2ccc3ccc(cc3c2)C1. The third-order valence-corrected chi connectivity index (χ3v) is 8.89. The van der Waals surface area contributed by atoms with E-state index in [4.69, 9.17) is 0 Å². The van der Waals surface area contributed by atoms with Gasteiger partial charge in [-0.2, -0.15) is 0 Å². The fourth-order valence-electron chi connectivity index (χ4n) is 4.29. The van der Waals surface area contributed by atoms with Crippen LogP contribution in [0, 0.1) is 0 Å². The van der Waals surface area contributed by atoms with Crippen molar-refractivity contribution < 1.29 is 0 Å². The molecule has 1 aliphatic heterocycles. The number of fused-ring (bicyclic) bond motifs is 4. The van der Waals surface area contributed by atoms with Crippen LogP contribution in [0.3, 0.4) is 0 Å². The molecule has 0 amide bonds. The summed E-state index contributed by atoms with van der Waals surface area (Å²) in [6.45, 7) is 0. The summed E-state index contributed by atoms with van der Waals surface area (Å²) in [6.07, 6.45) is 4.82. The minimum Gasteiger partial charge on any atom is -0.0539 e. The summed E-state index contributed by atoms with van der Waals surface area (Å²) in [4.78, 5) is 0. The molecule has 0 atom stereocenters. The van der Waals surface area contributed by atoms with E-state index in [9.17, 15) is 0 Å². The molecule has 0 nitrogen and oxygen atoms in total. The quantitative estimate of drug-likeness (QED) is 0.307. The van der Waals surface area contributed by atoms with Crippen LogP contribution >= 0.6 is 0 Å². The van der Waals surface area contributed by atoms with Crippen molar-refractivity contribution in [2.45, 2.75) is 23.0 Å². The first-order chi connectivity index (χ1) is 13.6. The minimum absolute atomic E-state index is 0.339. The van der Waals surface area contributed by atoms with Crippen molar-refractivity contribution in [3.63, 3.8) is 0 Å².